The summed E-state index contributed by atoms with van der Waals surface area (Å²) in [5.41, 5.74) is 5.61. The maximum absolute atomic E-state index is 12.6. The molecule has 1 unspecified atom stereocenters. The summed E-state index contributed by atoms with van der Waals surface area (Å²) in [4.78, 5) is 0.171. The molecule has 0 spiro atoms. The molecular formula is C13H22N2O4S. The zero-order chi connectivity index (χ0) is 15.0. The van der Waals surface area contributed by atoms with Crippen molar-refractivity contribution in [1.29, 1.82) is 0 Å². The number of hydrogen-bond donors (Lipinski definition) is 2. The average Bonchev–Trinajstić information content (AvgIpc) is 2.63. The lowest BCUT2D eigenvalue weighted by molar-refractivity contribution is 0.0386. The van der Waals surface area contributed by atoms with E-state index in [0.29, 0.717) is 30.3 Å². The highest BCUT2D eigenvalue weighted by Gasteiger charge is 2.35. The van der Waals surface area contributed by atoms with Gasteiger partial charge in [0.25, 0.3) is 0 Å². The van der Waals surface area contributed by atoms with Gasteiger partial charge in [0.05, 0.1) is 12.1 Å². The standard InChI is InChI=1S/C13H22N2O4S/c1-9-11(7-14)12(10(2)19-9)20(16,17)15-13(3)5-4-6-18-8-13/h15H,4-8,14H2,1-3H3. The van der Waals surface area contributed by atoms with E-state index in [9.17, 15) is 8.42 Å². The van der Waals surface area contributed by atoms with Crippen molar-refractivity contribution < 1.29 is 17.6 Å². The minimum atomic E-state index is -3.67. The fourth-order valence-electron chi connectivity index (χ4n) is 2.69. The molecule has 2 rings (SSSR count). The van der Waals surface area contributed by atoms with E-state index in [-0.39, 0.29) is 11.4 Å². The summed E-state index contributed by atoms with van der Waals surface area (Å²) in [5.74, 6) is 0.922. The third kappa shape index (κ3) is 2.90. The molecule has 1 aliphatic rings. The number of sulfonamides is 1. The second-order valence-electron chi connectivity index (χ2n) is 5.55. The average molecular weight is 302 g/mol. The van der Waals surface area contributed by atoms with Gasteiger partial charge in [-0.15, -0.1) is 0 Å². The van der Waals surface area contributed by atoms with Gasteiger partial charge < -0.3 is 14.9 Å². The lowest BCUT2D eigenvalue weighted by atomic mass is 9.97. The summed E-state index contributed by atoms with van der Waals surface area (Å²) in [5, 5.41) is 0. The number of hydrogen-bond acceptors (Lipinski definition) is 5. The third-order valence-electron chi connectivity index (χ3n) is 3.62. The monoisotopic (exact) mass is 302 g/mol. The van der Waals surface area contributed by atoms with Crippen LogP contribution in [0.1, 0.15) is 36.8 Å². The van der Waals surface area contributed by atoms with Crippen molar-refractivity contribution >= 4 is 10.0 Å². The molecule has 0 amide bonds. The number of aryl methyl sites for hydroxylation is 2. The molecule has 1 aromatic heterocycles. The molecular weight excluding hydrogens is 280 g/mol. The minimum absolute atomic E-state index is 0.132. The highest BCUT2D eigenvalue weighted by molar-refractivity contribution is 7.89. The Kier molecular flexibility index (Phi) is 4.24. The predicted molar refractivity (Wildman–Crippen MR) is 74.9 cm³/mol. The SMILES string of the molecule is Cc1oc(C)c(S(=O)(=O)NC2(C)CCCOC2)c1CN. The van der Waals surface area contributed by atoms with Crippen molar-refractivity contribution in [2.75, 3.05) is 13.2 Å². The molecule has 1 aliphatic heterocycles. The molecule has 2 heterocycles. The van der Waals surface area contributed by atoms with Crippen LogP contribution in [-0.4, -0.2) is 27.2 Å². The van der Waals surface area contributed by atoms with Gasteiger partial charge in [0, 0.05) is 18.7 Å². The minimum Gasteiger partial charge on any atom is -0.465 e. The highest BCUT2D eigenvalue weighted by atomic mass is 32.2. The van der Waals surface area contributed by atoms with Crippen molar-refractivity contribution in [3.05, 3.63) is 17.1 Å². The quantitative estimate of drug-likeness (QED) is 0.871. The molecule has 0 radical (unpaired) electrons. The van der Waals surface area contributed by atoms with Crippen molar-refractivity contribution in [3.63, 3.8) is 0 Å². The molecule has 3 N–H and O–H groups in total. The summed E-state index contributed by atoms with van der Waals surface area (Å²) in [6.45, 7) is 6.40. The molecule has 6 nitrogen and oxygen atoms in total. The maximum atomic E-state index is 12.6. The summed E-state index contributed by atoms with van der Waals surface area (Å²) in [6.07, 6.45) is 1.59. The van der Waals surface area contributed by atoms with Gasteiger partial charge >= 0.3 is 0 Å². The second kappa shape index (κ2) is 5.48. The Morgan fingerprint density at radius 2 is 2.05 bits per heavy atom. The molecule has 1 atom stereocenters. The summed E-state index contributed by atoms with van der Waals surface area (Å²) in [7, 11) is -3.67. The normalized spacial score (nSPS) is 24.0. The van der Waals surface area contributed by atoms with Gasteiger partial charge in [-0.2, -0.15) is 0 Å². The third-order valence-corrected chi connectivity index (χ3v) is 5.45. The van der Waals surface area contributed by atoms with Crippen LogP contribution < -0.4 is 10.5 Å². The summed E-state index contributed by atoms with van der Waals surface area (Å²) < 4.78 is 38.8. The Morgan fingerprint density at radius 1 is 1.35 bits per heavy atom. The molecule has 0 aromatic carbocycles. The largest absolute Gasteiger partial charge is 0.465 e. The maximum Gasteiger partial charge on any atom is 0.244 e. The van der Waals surface area contributed by atoms with Crippen LogP contribution in [0.3, 0.4) is 0 Å². The van der Waals surface area contributed by atoms with Gasteiger partial charge in [0.1, 0.15) is 16.4 Å². The van der Waals surface area contributed by atoms with Gasteiger partial charge in [-0.25, -0.2) is 13.1 Å². The van der Waals surface area contributed by atoms with Gasteiger partial charge in [-0.3, -0.25) is 0 Å². The van der Waals surface area contributed by atoms with Crippen LogP contribution in [0.2, 0.25) is 0 Å². The van der Waals surface area contributed by atoms with Crippen molar-refractivity contribution in [2.24, 2.45) is 5.73 Å². The Labute approximate surface area is 119 Å². The van der Waals surface area contributed by atoms with Gasteiger partial charge in [0.15, 0.2) is 0 Å². The van der Waals surface area contributed by atoms with E-state index in [1.54, 1.807) is 13.8 Å². The number of furan rings is 1. The summed E-state index contributed by atoms with van der Waals surface area (Å²) in [6, 6.07) is 0. The first-order valence-corrected chi connectivity index (χ1v) is 8.18. The van der Waals surface area contributed by atoms with Crippen LogP contribution in [0.25, 0.3) is 0 Å². The molecule has 1 fully saturated rings. The first-order valence-electron chi connectivity index (χ1n) is 6.70. The van der Waals surface area contributed by atoms with Gasteiger partial charge in [-0.05, 0) is 33.6 Å². The van der Waals surface area contributed by atoms with E-state index in [1.807, 2.05) is 6.92 Å². The number of ether oxygens (including phenoxy) is 1. The van der Waals surface area contributed by atoms with E-state index < -0.39 is 15.6 Å². The molecule has 0 bridgehead atoms. The van der Waals surface area contributed by atoms with Gasteiger partial charge in [0.2, 0.25) is 10.0 Å². The Morgan fingerprint density at radius 3 is 2.60 bits per heavy atom. The van der Waals surface area contributed by atoms with E-state index >= 15 is 0 Å². The molecule has 20 heavy (non-hydrogen) atoms. The number of rotatable bonds is 4. The molecule has 0 saturated carbocycles. The van der Waals surface area contributed by atoms with Crippen LogP contribution in [0.5, 0.6) is 0 Å². The van der Waals surface area contributed by atoms with E-state index in [0.717, 1.165) is 12.8 Å². The fourth-order valence-corrected chi connectivity index (χ4v) is 4.57. The molecule has 114 valence electrons. The fraction of sp³-hybridized carbons (Fsp3) is 0.692. The van der Waals surface area contributed by atoms with Crippen molar-refractivity contribution in [2.45, 2.75) is 50.6 Å². The number of nitrogens with one attached hydrogen (secondary N) is 1. The molecule has 0 aliphatic carbocycles. The molecule has 7 heteroatoms. The van der Waals surface area contributed by atoms with E-state index in [2.05, 4.69) is 4.72 Å². The first-order chi connectivity index (χ1) is 9.29. The Hall–Kier alpha value is -0.890. The smallest absolute Gasteiger partial charge is 0.244 e. The first kappa shape index (κ1) is 15.5. The highest BCUT2D eigenvalue weighted by Crippen LogP contribution is 2.28. The van der Waals surface area contributed by atoms with Crippen LogP contribution in [0.15, 0.2) is 9.31 Å². The lowest BCUT2D eigenvalue weighted by Gasteiger charge is -2.33. The Bertz CT molecular complexity index is 586. The zero-order valence-electron chi connectivity index (χ0n) is 12.2. The number of nitrogens with two attached hydrogens (primary N) is 1. The van der Waals surface area contributed by atoms with Crippen LogP contribution in [0, 0.1) is 13.8 Å². The van der Waals surface area contributed by atoms with Crippen LogP contribution in [0.4, 0.5) is 0 Å². The summed E-state index contributed by atoms with van der Waals surface area (Å²) >= 11 is 0. The zero-order valence-corrected chi connectivity index (χ0v) is 13.0. The topological polar surface area (TPSA) is 94.6 Å². The van der Waals surface area contributed by atoms with Crippen molar-refractivity contribution in [3.8, 4) is 0 Å². The second-order valence-corrected chi connectivity index (χ2v) is 7.17. The van der Waals surface area contributed by atoms with E-state index in [1.165, 1.54) is 0 Å². The van der Waals surface area contributed by atoms with Gasteiger partial charge in [-0.1, -0.05) is 0 Å². The Balaban J connectivity index is 2.36. The van der Waals surface area contributed by atoms with Crippen LogP contribution >= 0.6 is 0 Å². The molecule has 1 saturated heterocycles. The lowest BCUT2D eigenvalue weighted by Crippen LogP contribution is -2.51. The van der Waals surface area contributed by atoms with Crippen molar-refractivity contribution in [1.82, 2.24) is 4.72 Å². The van der Waals surface area contributed by atoms with E-state index in [4.69, 9.17) is 14.9 Å². The molecule has 1 aromatic rings. The predicted octanol–water partition coefficient (Wildman–Crippen LogP) is 1.20. The van der Waals surface area contributed by atoms with Crippen LogP contribution in [-0.2, 0) is 21.3 Å².